The van der Waals surface area contributed by atoms with E-state index in [4.69, 9.17) is 22.9 Å². The number of unbranched alkanes of at least 4 members (excludes halogenated alkanes) is 1. The molecular formula is C45H79N13O17. The number of aliphatic carboxylic acids is 4. The van der Waals surface area contributed by atoms with Crippen molar-refractivity contribution in [1.82, 2.24) is 42.5 Å². The van der Waals surface area contributed by atoms with Crippen molar-refractivity contribution in [2.75, 3.05) is 13.1 Å². The minimum atomic E-state index is -1.79. The van der Waals surface area contributed by atoms with Crippen molar-refractivity contribution >= 4 is 77.1 Å². The van der Waals surface area contributed by atoms with Gasteiger partial charge in [0.1, 0.15) is 48.3 Å². The Morgan fingerprint density at radius 2 is 0.853 bits per heavy atom. The number of aliphatic imine (C=N–C) groups is 1. The molecule has 8 amide bonds. The standard InChI is InChI=1S/C45H79N13O17/c1-21(2)20-25(47)37(67)58-35(24(6)59)43(73)57-34(22(3)4)42(72)55-29(14-17-33(64)65)41(71)54-27(12-15-31(60)61)38(68)51-23(5)36(66)52-28(13-16-32(62)63)40(70)53-26(10-7-8-18-46)39(69)56-30(44(74)75)11-9-19-50-45(48)49/h21-30,34-35,59H,7-20,46-47H2,1-6H3,(H,51,68)(H,52,66)(H,53,70)(H,54,71)(H,55,72)(H,56,69)(H,57,73)(H,58,67)(H,60,61)(H,62,63)(H,64,65)(H,74,75)(H4,48,49,50)/t23-,24+,25-,26-,27-,28-,29-,30-,34-,35-/m0/s1. The van der Waals surface area contributed by atoms with Crippen molar-refractivity contribution < 1.29 is 83.1 Å². The Morgan fingerprint density at radius 3 is 1.25 bits per heavy atom. The molecule has 0 aromatic heterocycles. The molecular weight excluding hydrogens is 995 g/mol. The van der Waals surface area contributed by atoms with Gasteiger partial charge in [-0.05, 0) is 90.0 Å². The number of aliphatic hydroxyl groups excluding tert-OH is 1. The molecule has 0 radical (unpaired) electrons. The lowest BCUT2D eigenvalue weighted by atomic mass is 10.00. The molecule has 75 heavy (non-hydrogen) atoms. The van der Waals surface area contributed by atoms with Crippen LogP contribution in [-0.4, -0.2) is 176 Å². The predicted molar refractivity (Wildman–Crippen MR) is 266 cm³/mol. The van der Waals surface area contributed by atoms with Gasteiger partial charge in [0.2, 0.25) is 47.3 Å². The van der Waals surface area contributed by atoms with E-state index < -0.39 is 176 Å². The Morgan fingerprint density at radius 1 is 0.467 bits per heavy atom. The predicted octanol–water partition coefficient (Wildman–Crippen LogP) is -4.84. The molecule has 0 unspecified atom stereocenters. The number of hydrogen-bond donors (Lipinski definition) is 17. The number of carboxylic acid groups (broad SMARTS) is 4. The normalized spacial score (nSPS) is 15.1. The van der Waals surface area contributed by atoms with Crippen LogP contribution in [0.4, 0.5) is 0 Å². The van der Waals surface area contributed by atoms with Gasteiger partial charge < -0.3 is 91.0 Å². The first-order valence-electron chi connectivity index (χ1n) is 24.4. The van der Waals surface area contributed by atoms with Crippen LogP contribution in [0, 0.1) is 11.8 Å². The zero-order valence-electron chi connectivity index (χ0n) is 43.2. The largest absolute Gasteiger partial charge is 0.481 e. The quantitative estimate of drug-likeness (QED) is 0.0157. The lowest BCUT2D eigenvalue weighted by Crippen LogP contribution is -2.62. The van der Waals surface area contributed by atoms with E-state index in [-0.39, 0.29) is 57.1 Å². The number of amides is 8. The third kappa shape index (κ3) is 28.2. The number of rotatable bonds is 38. The van der Waals surface area contributed by atoms with Crippen LogP contribution in [0.15, 0.2) is 4.99 Å². The second-order valence-corrected chi connectivity index (χ2v) is 18.6. The van der Waals surface area contributed by atoms with Gasteiger partial charge in [-0.25, -0.2) is 4.79 Å². The maximum atomic E-state index is 13.8. The fourth-order valence-electron chi connectivity index (χ4n) is 6.95. The summed E-state index contributed by atoms with van der Waals surface area (Å²) in [6.07, 6.45) is -4.60. The van der Waals surface area contributed by atoms with Crippen LogP contribution < -0.4 is 65.5 Å². The van der Waals surface area contributed by atoms with E-state index in [1.165, 1.54) is 20.8 Å². The first-order valence-corrected chi connectivity index (χ1v) is 24.4. The number of nitrogens with zero attached hydrogens (tertiary/aromatic N) is 1. The van der Waals surface area contributed by atoms with Gasteiger partial charge in [0.05, 0.1) is 12.1 Å². The molecule has 426 valence electrons. The number of hydrogen-bond acceptors (Lipinski definition) is 16. The summed E-state index contributed by atoms with van der Waals surface area (Å²) in [5.74, 6) is -14.9. The number of guanidine groups is 1. The molecule has 0 bridgehead atoms. The summed E-state index contributed by atoms with van der Waals surface area (Å²) < 4.78 is 0. The van der Waals surface area contributed by atoms with Crippen LogP contribution in [0.5, 0.6) is 0 Å². The molecule has 0 aromatic rings. The van der Waals surface area contributed by atoms with Crippen LogP contribution >= 0.6 is 0 Å². The lowest BCUT2D eigenvalue weighted by Gasteiger charge is -2.29. The SMILES string of the molecule is CC(C)C[C@H](N)C(=O)N[C@H](C(=O)N[C@H](C(=O)N[C@@H](CCC(=O)O)C(=O)N[C@@H](CCC(=O)O)C(=O)N[C@@H](C)C(=O)N[C@@H](CCC(=O)O)C(=O)N[C@@H](CCCCN)C(=O)N[C@@H](CCCN=C(N)N)C(=O)O)C(C)C)[C@@H](C)O. The highest BCUT2D eigenvalue weighted by molar-refractivity contribution is 5.98. The van der Waals surface area contributed by atoms with E-state index in [1.54, 1.807) is 0 Å². The van der Waals surface area contributed by atoms with Crippen LogP contribution in [0.2, 0.25) is 0 Å². The second kappa shape index (κ2) is 35.1. The highest BCUT2D eigenvalue weighted by atomic mass is 16.4. The van der Waals surface area contributed by atoms with Gasteiger partial charge in [0, 0.05) is 25.8 Å². The van der Waals surface area contributed by atoms with E-state index in [1.807, 2.05) is 13.8 Å². The minimum Gasteiger partial charge on any atom is -0.481 e. The molecule has 0 saturated heterocycles. The Balaban J connectivity index is 6.51. The maximum Gasteiger partial charge on any atom is 0.326 e. The number of carbonyl (C=O) groups is 12. The molecule has 30 heteroatoms. The molecule has 0 heterocycles. The Labute approximate surface area is 433 Å². The van der Waals surface area contributed by atoms with Crippen molar-refractivity contribution in [3.8, 4) is 0 Å². The molecule has 0 aliphatic carbocycles. The highest BCUT2D eigenvalue weighted by Gasteiger charge is 2.36. The Kier molecular flexibility index (Phi) is 31.7. The fraction of sp³-hybridized carbons (Fsp3) is 0.711. The van der Waals surface area contributed by atoms with Crippen LogP contribution in [0.3, 0.4) is 0 Å². The van der Waals surface area contributed by atoms with Crippen molar-refractivity contribution in [2.45, 2.75) is 179 Å². The summed E-state index contributed by atoms with van der Waals surface area (Å²) in [7, 11) is 0. The fourth-order valence-corrected chi connectivity index (χ4v) is 6.95. The maximum absolute atomic E-state index is 13.8. The molecule has 0 aliphatic rings. The van der Waals surface area contributed by atoms with Gasteiger partial charge in [0.15, 0.2) is 5.96 Å². The third-order valence-electron chi connectivity index (χ3n) is 11.1. The number of carboxylic acids is 4. The summed E-state index contributed by atoms with van der Waals surface area (Å²) in [6, 6.07) is -13.8. The molecule has 0 rings (SSSR count). The molecule has 0 aliphatic heterocycles. The lowest BCUT2D eigenvalue weighted by molar-refractivity contribution is -0.142. The van der Waals surface area contributed by atoms with Gasteiger partial charge >= 0.3 is 23.9 Å². The first-order chi connectivity index (χ1) is 34.9. The van der Waals surface area contributed by atoms with Gasteiger partial charge in [0.25, 0.3) is 0 Å². The van der Waals surface area contributed by atoms with E-state index >= 15 is 0 Å². The zero-order chi connectivity index (χ0) is 57.7. The molecule has 30 nitrogen and oxygen atoms in total. The average Bonchev–Trinajstić information content (AvgIpc) is 3.30. The molecule has 0 spiro atoms. The summed E-state index contributed by atoms with van der Waals surface area (Å²) in [5, 5.41) is 67.1. The van der Waals surface area contributed by atoms with Gasteiger partial charge in [-0.3, -0.25) is 57.7 Å². The summed E-state index contributed by atoms with van der Waals surface area (Å²) in [5.41, 5.74) is 22.1. The van der Waals surface area contributed by atoms with E-state index in [0.717, 1.165) is 6.92 Å². The number of carbonyl (C=O) groups excluding carboxylic acids is 8. The molecule has 0 fully saturated rings. The molecule has 0 aromatic carbocycles. The van der Waals surface area contributed by atoms with E-state index in [2.05, 4.69) is 47.5 Å². The van der Waals surface area contributed by atoms with Crippen molar-refractivity contribution in [3.05, 3.63) is 0 Å². The topological polar surface area (TPSA) is 519 Å². The first kappa shape index (κ1) is 67.8. The van der Waals surface area contributed by atoms with Crippen LogP contribution in [-0.2, 0) is 57.5 Å². The monoisotopic (exact) mass is 1070 g/mol. The average molecular weight is 1070 g/mol. The van der Waals surface area contributed by atoms with Gasteiger partial charge in [-0.1, -0.05) is 27.7 Å². The van der Waals surface area contributed by atoms with Crippen LogP contribution in [0.1, 0.15) is 119 Å². The molecule has 21 N–H and O–H groups in total. The van der Waals surface area contributed by atoms with E-state index in [0.29, 0.717) is 6.42 Å². The number of nitrogens with one attached hydrogen (secondary N) is 8. The minimum absolute atomic E-state index is 0.00716. The van der Waals surface area contributed by atoms with E-state index in [9.17, 15) is 83.1 Å². The smallest absolute Gasteiger partial charge is 0.326 e. The molecule has 0 saturated carbocycles. The second-order valence-electron chi connectivity index (χ2n) is 18.6. The zero-order valence-corrected chi connectivity index (χ0v) is 43.2. The Hall–Kier alpha value is -7.21. The highest BCUT2D eigenvalue weighted by Crippen LogP contribution is 2.11. The Bertz CT molecular complexity index is 2000. The van der Waals surface area contributed by atoms with Crippen molar-refractivity contribution in [1.29, 1.82) is 0 Å². The summed E-state index contributed by atoms with van der Waals surface area (Å²) in [4.78, 5) is 159. The number of aliphatic hydroxyl groups is 1. The summed E-state index contributed by atoms with van der Waals surface area (Å²) >= 11 is 0. The van der Waals surface area contributed by atoms with Crippen LogP contribution in [0.25, 0.3) is 0 Å². The third-order valence-corrected chi connectivity index (χ3v) is 11.1. The molecule has 10 atom stereocenters. The number of nitrogens with two attached hydrogens (primary N) is 4. The van der Waals surface area contributed by atoms with Crippen molar-refractivity contribution in [3.63, 3.8) is 0 Å². The summed E-state index contributed by atoms with van der Waals surface area (Å²) in [6.45, 7) is 9.18. The van der Waals surface area contributed by atoms with Gasteiger partial charge in [-0.15, -0.1) is 0 Å². The van der Waals surface area contributed by atoms with Crippen molar-refractivity contribution in [2.24, 2.45) is 39.8 Å². The van der Waals surface area contributed by atoms with Gasteiger partial charge in [-0.2, -0.15) is 0 Å².